The van der Waals surface area contributed by atoms with Crippen molar-refractivity contribution in [2.24, 2.45) is 0 Å². The van der Waals surface area contributed by atoms with Gasteiger partial charge in [-0.2, -0.15) is 0 Å². The van der Waals surface area contributed by atoms with Crippen LogP contribution in [0.4, 0.5) is 17.1 Å². The van der Waals surface area contributed by atoms with E-state index in [1.54, 1.807) is 0 Å². The second-order valence-corrected chi connectivity index (χ2v) is 13.3. The molecule has 0 fully saturated rings. The highest BCUT2D eigenvalue weighted by atomic mass is 16.3. The summed E-state index contributed by atoms with van der Waals surface area (Å²) >= 11 is 0. The second kappa shape index (κ2) is 12.5. The van der Waals surface area contributed by atoms with Gasteiger partial charge in [0.25, 0.3) is 0 Å². The molecule has 0 radical (unpaired) electrons. The number of furan rings is 1. The highest BCUT2D eigenvalue weighted by Gasteiger charge is 2.17. The van der Waals surface area contributed by atoms with Crippen LogP contribution in [-0.4, -0.2) is 0 Å². The molecule has 0 spiro atoms. The molecule has 244 valence electrons. The van der Waals surface area contributed by atoms with Crippen LogP contribution >= 0.6 is 0 Å². The van der Waals surface area contributed by atoms with Crippen molar-refractivity contribution in [3.05, 3.63) is 200 Å². The monoisotopic (exact) mass is 663 g/mol. The third kappa shape index (κ3) is 5.21. The number of benzene rings is 9. The molecule has 2 heteroatoms. The smallest absolute Gasteiger partial charge is 0.143 e. The molecule has 0 bridgehead atoms. The Labute approximate surface area is 302 Å². The van der Waals surface area contributed by atoms with Crippen LogP contribution in [0.5, 0.6) is 0 Å². The van der Waals surface area contributed by atoms with Crippen LogP contribution in [-0.2, 0) is 0 Å². The fourth-order valence-corrected chi connectivity index (χ4v) is 7.62. The summed E-state index contributed by atoms with van der Waals surface area (Å²) in [5, 5.41) is 4.84. The Morgan fingerprint density at radius 2 is 0.692 bits per heavy atom. The zero-order chi connectivity index (χ0) is 34.4. The number of nitrogens with zero attached hydrogens (tertiary/aromatic N) is 1. The van der Waals surface area contributed by atoms with Crippen molar-refractivity contribution in [3.8, 4) is 44.5 Å². The average molecular weight is 664 g/mol. The topological polar surface area (TPSA) is 16.4 Å². The molecule has 9 aromatic carbocycles. The van der Waals surface area contributed by atoms with Gasteiger partial charge in [-0.05, 0) is 98.2 Å². The highest BCUT2D eigenvalue weighted by molar-refractivity contribution is 6.24. The first-order chi connectivity index (χ1) is 25.8. The molecule has 0 N–H and O–H groups in total. The zero-order valence-corrected chi connectivity index (χ0v) is 28.4. The van der Waals surface area contributed by atoms with Crippen molar-refractivity contribution in [2.45, 2.75) is 0 Å². The van der Waals surface area contributed by atoms with Gasteiger partial charge in [0, 0.05) is 33.4 Å². The molecule has 0 aliphatic rings. The predicted molar refractivity (Wildman–Crippen MR) is 219 cm³/mol. The first-order valence-corrected chi connectivity index (χ1v) is 17.8. The van der Waals surface area contributed by atoms with E-state index in [9.17, 15) is 0 Å². The van der Waals surface area contributed by atoms with Crippen molar-refractivity contribution >= 4 is 49.8 Å². The van der Waals surface area contributed by atoms with E-state index in [2.05, 4.69) is 205 Å². The Balaban J connectivity index is 0.981. The van der Waals surface area contributed by atoms with E-state index in [4.69, 9.17) is 4.42 Å². The molecule has 1 aromatic heterocycles. The Kier molecular flexibility index (Phi) is 7.18. The van der Waals surface area contributed by atoms with Crippen molar-refractivity contribution in [1.82, 2.24) is 0 Å². The largest absolute Gasteiger partial charge is 0.455 e. The highest BCUT2D eigenvalue weighted by Crippen LogP contribution is 2.42. The molecule has 0 unspecified atom stereocenters. The molecule has 0 amide bonds. The first kappa shape index (κ1) is 30.0. The second-order valence-electron chi connectivity index (χ2n) is 13.3. The summed E-state index contributed by atoms with van der Waals surface area (Å²) < 4.78 is 6.48. The standard InChI is InChI=1S/C50H33NO/c1-3-8-34(9-4-1)37-20-27-43(28-21-37)51(44-29-22-38(23-30-44)35-10-5-2-6-11-35)45-31-24-39(25-32-45)36-14-16-40(17-15-36)46-33-26-42-19-18-41-12-7-13-47-48(41)49(42)50(46)52-47/h1-33H. The minimum absolute atomic E-state index is 0.940. The molecule has 0 aliphatic carbocycles. The SMILES string of the molecule is c1ccc(-c2ccc(N(c3ccc(-c4ccccc4)cc3)c3ccc(-c4ccc(-c5ccc6ccc7cccc8oc5c6c78)cc4)cc3)cc2)cc1. The van der Waals surface area contributed by atoms with Gasteiger partial charge in [0.2, 0.25) is 0 Å². The van der Waals surface area contributed by atoms with Crippen LogP contribution in [0.3, 0.4) is 0 Å². The molecule has 10 rings (SSSR count). The van der Waals surface area contributed by atoms with Gasteiger partial charge in [-0.15, -0.1) is 0 Å². The van der Waals surface area contributed by atoms with Gasteiger partial charge in [-0.1, -0.05) is 152 Å². The van der Waals surface area contributed by atoms with Gasteiger partial charge in [-0.25, -0.2) is 0 Å². The lowest BCUT2D eigenvalue weighted by atomic mass is 9.95. The van der Waals surface area contributed by atoms with Gasteiger partial charge in [0.05, 0.1) is 0 Å². The van der Waals surface area contributed by atoms with Gasteiger partial charge in [-0.3, -0.25) is 0 Å². The van der Waals surface area contributed by atoms with Crippen molar-refractivity contribution in [3.63, 3.8) is 0 Å². The van der Waals surface area contributed by atoms with E-state index in [1.165, 1.54) is 54.9 Å². The lowest BCUT2D eigenvalue weighted by molar-refractivity contribution is 0.670. The third-order valence-electron chi connectivity index (χ3n) is 10.3. The molecular formula is C50H33NO. The summed E-state index contributed by atoms with van der Waals surface area (Å²) in [5.41, 5.74) is 14.6. The van der Waals surface area contributed by atoms with Gasteiger partial charge in [0.15, 0.2) is 0 Å². The Hall–Kier alpha value is -6.90. The predicted octanol–water partition coefficient (Wildman–Crippen LogP) is 14.3. The number of hydrogen-bond donors (Lipinski definition) is 0. The first-order valence-electron chi connectivity index (χ1n) is 17.8. The third-order valence-corrected chi connectivity index (χ3v) is 10.3. The maximum atomic E-state index is 6.48. The Morgan fingerprint density at radius 3 is 1.19 bits per heavy atom. The van der Waals surface area contributed by atoms with Gasteiger partial charge in [0.1, 0.15) is 11.2 Å². The minimum Gasteiger partial charge on any atom is -0.455 e. The number of rotatable bonds is 7. The van der Waals surface area contributed by atoms with Gasteiger partial charge >= 0.3 is 0 Å². The van der Waals surface area contributed by atoms with Crippen LogP contribution in [0.1, 0.15) is 0 Å². The van der Waals surface area contributed by atoms with E-state index >= 15 is 0 Å². The van der Waals surface area contributed by atoms with Crippen LogP contribution in [0.25, 0.3) is 77.2 Å². The van der Waals surface area contributed by atoms with Crippen molar-refractivity contribution in [1.29, 1.82) is 0 Å². The summed E-state index contributed by atoms with van der Waals surface area (Å²) in [4.78, 5) is 2.33. The molecule has 52 heavy (non-hydrogen) atoms. The van der Waals surface area contributed by atoms with Crippen LogP contribution < -0.4 is 4.90 Å². The maximum absolute atomic E-state index is 6.48. The quantitative estimate of drug-likeness (QED) is 0.158. The molecule has 2 nitrogen and oxygen atoms in total. The molecular weight excluding hydrogens is 631 g/mol. The number of anilines is 3. The summed E-state index contributed by atoms with van der Waals surface area (Å²) in [6.07, 6.45) is 0. The zero-order valence-electron chi connectivity index (χ0n) is 28.4. The van der Waals surface area contributed by atoms with Crippen LogP contribution in [0.2, 0.25) is 0 Å². The summed E-state index contributed by atoms with van der Waals surface area (Å²) in [6.45, 7) is 0. The lowest BCUT2D eigenvalue weighted by Gasteiger charge is -2.26. The summed E-state index contributed by atoms with van der Waals surface area (Å²) in [6, 6.07) is 71.6. The fraction of sp³-hybridized carbons (Fsp3) is 0. The maximum Gasteiger partial charge on any atom is 0.143 e. The molecule has 0 saturated carbocycles. The van der Waals surface area contributed by atoms with E-state index in [1.807, 2.05) is 0 Å². The van der Waals surface area contributed by atoms with E-state index in [-0.39, 0.29) is 0 Å². The molecule has 0 saturated heterocycles. The van der Waals surface area contributed by atoms with Crippen molar-refractivity contribution in [2.75, 3.05) is 4.90 Å². The van der Waals surface area contributed by atoms with E-state index in [0.717, 1.165) is 39.4 Å². The summed E-state index contributed by atoms with van der Waals surface area (Å²) in [5.74, 6) is 0. The van der Waals surface area contributed by atoms with Crippen LogP contribution in [0.15, 0.2) is 205 Å². The normalized spacial score (nSPS) is 11.5. The molecule has 10 aromatic rings. The van der Waals surface area contributed by atoms with Crippen LogP contribution in [0, 0.1) is 0 Å². The van der Waals surface area contributed by atoms with E-state index in [0.29, 0.717) is 0 Å². The van der Waals surface area contributed by atoms with Gasteiger partial charge < -0.3 is 9.32 Å². The lowest BCUT2D eigenvalue weighted by Crippen LogP contribution is -2.09. The average Bonchev–Trinajstić information content (AvgIpc) is 3.63. The minimum atomic E-state index is 0.940. The molecule has 0 atom stereocenters. The number of hydrogen-bond acceptors (Lipinski definition) is 2. The van der Waals surface area contributed by atoms with Crippen molar-refractivity contribution < 1.29 is 4.42 Å². The Bertz CT molecular complexity index is 2700. The molecule has 1 heterocycles. The summed E-state index contributed by atoms with van der Waals surface area (Å²) in [7, 11) is 0. The van der Waals surface area contributed by atoms with E-state index < -0.39 is 0 Å². The Morgan fingerprint density at radius 1 is 0.288 bits per heavy atom. The molecule has 0 aliphatic heterocycles. The fourth-order valence-electron chi connectivity index (χ4n) is 7.62.